The quantitative estimate of drug-likeness (QED) is 0.406. The van der Waals surface area contributed by atoms with Crippen molar-refractivity contribution in [2.24, 2.45) is 0 Å². The molecule has 0 radical (unpaired) electrons. The lowest BCUT2D eigenvalue weighted by molar-refractivity contribution is -0.688. The molecule has 170 valence electrons. The Morgan fingerprint density at radius 3 is 1.81 bits per heavy atom. The lowest BCUT2D eigenvalue weighted by Gasteiger charge is -2.14. The number of nitrogens with one attached hydrogen (secondary N) is 1. The molecule has 0 atom stereocenters. The number of benzene rings is 2. The lowest BCUT2D eigenvalue weighted by Crippen LogP contribution is -3.00. The van der Waals surface area contributed by atoms with Crippen molar-refractivity contribution in [3.8, 4) is 0 Å². The van der Waals surface area contributed by atoms with Gasteiger partial charge in [-0.25, -0.2) is 4.57 Å². The zero-order chi connectivity index (χ0) is 22.6. The van der Waals surface area contributed by atoms with Crippen LogP contribution >= 0.6 is 0 Å². The van der Waals surface area contributed by atoms with Crippen molar-refractivity contribution in [2.45, 2.75) is 25.4 Å². The van der Waals surface area contributed by atoms with Crippen LogP contribution in [0.1, 0.15) is 32.6 Å². The van der Waals surface area contributed by atoms with Crippen LogP contribution in [-0.2, 0) is 25.4 Å². The average Bonchev–Trinajstić information content (AvgIpc) is 2.72. The number of carbonyl (C=O) groups is 1. The van der Waals surface area contributed by atoms with Gasteiger partial charge in [0.25, 0.3) is 5.91 Å². The number of hydrogen-bond acceptors (Lipinski definition) is 1. The molecule has 0 spiro atoms. The van der Waals surface area contributed by atoms with Gasteiger partial charge in [0, 0.05) is 29.8 Å². The Kier molecular flexibility index (Phi) is 8.06. The zero-order valence-electron chi connectivity index (χ0n) is 16.3. The molecule has 0 bridgehead atoms. The van der Waals surface area contributed by atoms with Crippen LogP contribution < -0.4 is 26.9 Å². The molecule has 1 aromatic heterocycles. The fraction of sp³-hybridized carbons (Fsp3) is 0.182. The summed E-state index contributed by atoms with van der Waals surface area (Å²) in [7, 11) is 0. The van der Waals surface area contributed by atoms with Crippen molar-refractivity contribution in [2.75, 3.05) is 0 Å². The fourth-order valence-corrected chi connectivity index (χ4v) is 2.88. The predicted octanol–water partition coefficient (Wildman–Crippen LogP) is 1.99. The van der Waals surface area contributed by atoms with Gasteiger partial charge in [-0.3, -0.25) is 4.79 Å². The Bertz CT molecular complexity index is 1020. The van der Waals surface area contributed by atoms with Crippen LogP contribution in [0.5, 0.6) is 0 Å². The zero-order valence-corrected chi connectivity index (χ0v) is 17.9. The van der Waals surface area contributed by atoms with E-state index in [1.807, 2.05) is 34.9 Å². The topological polar surface area (TPSA) is 33.0 Å². The molecular weight excluding hydrogens is 502 g/mol. The minimum atomic E-state index is -5.01. The van der Waals surface area contributed by atoms with E-state index in [4.69, 9.17) is 0 Å². The summed E-state index contributed by atoms with van der Waals surface area (Å²) in [5.74, 6) is -1.03. The van der Waals surface area contributed by atoms with Gasteiger partial charge in [-0.15, -0.1) is 0 Å². The second-order valence-electron chi connectivity index (χ2n) is 6.84. The highest BCUT2D eigenvalue weighted by atomic mass is 79.9. The van der Waals surface area contributed by atoms with Crippen molar-refractivity contribution in [3.05, 3.63) is 101 Å². The maximum atomic E-state index is 12.9. The second-order valence-corrected chi connectivity index (χ2v) is 6.84. The molecule has 1 amide bonds. The molecule has 0 saturated heterocycles. The standard InChI is InChI=1S/C22H16F6N2O.BrH/c23-21(24,25)18-10-17(11-19(12-18)22(26,27)28)20(31)29-13-15-6-8-30(9-7-15)14-16-4-2-1-3-5-16;/h1-12H,13-14H2;1H. The SMILES string of the molecule is O=C(NCc1cc[n+](Cc2ccccc2)cc1)c1cc(C(F)(F)F)cc(C(F)(F)F)c1.[Br-]. The maximum Gasteiger partial charge on any atom is 0.416 e. The first-order valence-corrected chi connectivity index (χ1v) is 9.12. The Morgan fingerprint density at radius 1 is 0.781 bits per heavy atom. The number of aromatic nitrogens is 1. The normalized spacial score (nSPS) is 11.6. The Labute approximate surface area is 190 Å². The van der Waals surface area contributed by atoms with Gasteiger partial charge in [0.05, 0.1) is 11.1 Å². The van der Waals surface area contributed by atoms with E-state index >= 15 is 0 Å². The molecule has 0 fully saturated rings. The van der Waals surface area contributed by atoms with E-state index < -0.39 is 35.0 Å². The first-order valence-electron chi connectivity index (χ1n) is 9.12. The molecule has 0 aliphatic rings. The van der Waals surface area contributed by atoms with E-state index in [2.05, 4.69) is 5.32 Å². The predicted molar refractivity (Wildman–Crippen MR) is 99.8 cm³/mol. The minimum Gasteiger partial charge on any atom is -1.00 e. The van der Waals surface area contributed by atoms with Gasteiger partial charge in [-0.2, -0.15) is 26.3 Å². The number of rotatable bonds is 5. The van der Waals surface area contributed by atoms with Crippen molar-refractivity contribution in [3.63, 3.8) is 0 Å². The van der Waals surface area contributed by atoms with Gasteiger partial charge in [-0.1, -0.05) is 30.3 Å². The summed E-state index contributed by atoms with van der Waals surface area (Å²) < 4.78 is 79.5. The summed E-state index contributed by atoms with van der Waals surface area (Å²) in [5, 5.41) is 2.36. The summed E-state index contributed by atoms with van der Waals surface area (Å²) in [5.41, 5.74) is -2.06. The molecule has 0 aliphatic carbocycles. The van der Waals surface area contributed by atoms with Crippen LogP contribution in [0.2, 0.25) is 0 Å². The van der Waals surface area contributed by atoms with Crippen LogP contribution in [0.4, 0.5) is 26.3 Å². The Hall–Kier alpha value is -2.88. The summed E-state index contributed by atoms with van der Waals surface area (Å²) >= 11 is 0. The number of pyridine rings is 1. The summed E-state index contributed by atoms with van der Waals surface area (Å²) in [6.45, 7) is 0.570. The molecule has 3 aromatic rings. The smallest absolute Gasteiger partial charge is 0.416 e. The van der Waals surface area contributed by atoms with E-state index in [1.54, 1.807) is 24.5 Å². The highest BCUT2D eigenvalue weighted by Gasteiger charge is 2.37. The van der Waals surface area contributed by atoms with E-state index in [0.717, 1.165) is 5.56 Å². The largest absolute Gasteiger partial charge is 1.00 e. The van der Waals surface area contributed by atoms with Crippen LogP contribution in [-0.4, -0.2) is 5.91 Å². The maximum absolute atomic E-state index is 12.9. The average molecular weight is 519 g/mol. The van der Waals surface area contributed by atoms with E-state index in [-0.39, 0.29) is 29.6 Å². The minimum absolute atomic E-state index is 0. The molecule has 0 unspecified atom stereocenters. The van der Waals surface area contributed by atoms with Crippen molar-refractivity contribution < 1.29 is 52.7 Å². The van der Waals surface area contributed by atoms with Gasteiger partial charge < -0.3 is 22.3 Å². The van der Waals surface area contributed by atoms with Crippen LogP contribution in [0.3, 0.4) is 0 Å². The first-order chi connectivity index (χ1) is 14.5. The summed E-state index contributed by atoms with van der Waals surface area (Å²) in [6.07, 6.45) is -6.49. The van der Waals surface area contributed by atoms with Crippen LogP contribution in [0.25, 0.3) is 0 Å². The second kappa shape index (κ2) is 10.2. The number of nitrogens with zero attached hydrogens (tertiary/aromatic N) is 1. The molecule has 10 heteroatoms. The third-order valence-electron chi connectivity index (χ3n) is 4.47. The number of alkyl halides is 6. The molecule has 32 heavy (non-hydrogen) atoms. The van der Waals surface area contributed by atoms with E-state index in [9.17, 15) is 31.1 Å². The molecule has 3 rings (SSSR count). The Balaban J connectivity index is 0.00000363. The van der Waals surface area contributed by atoms with Crippen molar-refractivity contribution in [1.29, 1.82) is 0 Å². The Morgan fingerprint density at radius 2 is 1.31 bits per heavy atom. The number of hydrogen-bond donors (Lipinski definition) is 1. The fourth-order valence-electron chi connectivity index (χ4n) is 2.88. The van der Waals surface area contributed by atoms with Crippen LogP contribution in [0.15, 0.2) is 73.1 Å². The third-order valence-corrected chi connectivity index (χ3v) is 4.47. The van der Waals surface area contributed by atoms with Gasteiger partial charge in [0.2, 0.25) is 0 Å². The molecule has 1 heterocycles. The van der Waals surface area contributed by atoms with Gasteiger partial charge in [0.1, 0.15) is 0 Å². The number of carbonyl (C=O) groups excluding carboxylic acids is 1. The molecule has 0 aliphatic heterocycles. The molecular formula is C22H17BrF6N2O. The van der Waals surface area contributed by atoms with Gasteiger partial charge in [0.15, 0.2) is 18.9 Å². The first kappa shape index (κ1) is 25.4. The third kappa shape index (κ3) is 6.81. The molecule has 3 nitrogen and oxygen atoms in total. The number of halogens is 7. The van der Waals surface area contributed by atoms with Gasteiger partial charge >= 0.3 is 12.4 Å². The van der Waals surface area contributed by atoms with Crippen molar-refractivity contribution >= 4 is 5.91 Å². The lowest BCUT2D eigenvalue weighted by atomic mass is 10.0. The summed E-state index contributed by atoms with van der Waals surface area (Å²) in [4.78, 5) is 12.2. The monoisotopic (exact) mass is 518 g/mol. The molecule has 0 saturated carbocycles. The summed E-state index contributed by atoms with van der Waals surface area (Å²) in [6, 6.07) is 13.9. The van der Waals surface area contributed by atoms with E-state index in [1.165, 1.54) is 0 Å². The molecule has 2 aromatic carbocycles. The molecule has 1 N–H and O–H groups in total. The van der Waals surface area contributed by atoms with Crippen LogP contribution in [0, 0.1) is 0 Å². The number of amides is 1. The van der Waals surface area contributed by atoms with E-state index in [0.29, 0.717) is 24.2 Å². The van der Waals surface area contributed by atoms with Gasteiger partial charge in [-0.05, 0) is 23.8 Å². The highest BCUT2D eigenvalue weighted by molar-refractivity contribution is 5.94. The highest BCUT2D eigenvalue weighted by Crippen LogP contribution is 2.36. The van der Waals surface area contributed by atoms with Crippen molar-refractivity contribution in [1.82, 2.24) is 5.32 Å².